The Kier molecular flexibility index (Phi) is 3.96. The third kappa shape index (κ3) is 3.10. The highest BCUT2D eigenvalue weighted by atomic mass is 35.5. The molecule has 2 aromatic carbocycles. The number of hydrogen-bond acceptors (Lipinski definition) is 4. The summed E-state index contributed by atoms with van der Waals surface area (Å²) in [6, 6.07) is 12.7. The van der Waals surface area contributed by atoms with Crippen LogP contribution in [-0.4, -0.2) is 6.79 Å². The monoisotopic (exact) mass is 301 g/mol. The summed E-state index contributed by atoms with van der Waals surface area (Å²) in [4.78, 5) is 0. The Hall–Kier alpha value is -2.22. The number of hydrogen-bond donors (Lipinski definition) is 0. The van der Waals surface area contributed by atoms with Crippen LogP contribution in [0, 0.1) is 11.3 Å². The first-order valence-corrected chi connectivity index (χ1v) is 6.79. The lowest BCUT2D eigenvalue weighted by Crippen LogP contribution is -2.14. The zero-order chi connectivity index (χ0) is 14.7. The number of halogens is 1. The summed E-state index contributed by atoms with van der Waals surface area (Å²) < 4.78 is 16.5. The highest BCUT2D eigenvalue weighted by molar-refractivity contribution is 6.30. The number of fused-ring (bicyclic) bond motifs is 1. The number of nitrogens with zero attached hydrogens (tertiary/aromatic N) is 1. The normalized spacial score (nSPS) is 13.0. The highest BCUT2D eigenvalue weighted by Crippen LogP contribution is 2.32. The first-order chi connectivity index (χ1) is 10.3. The molecule has 0 saturated heterocycles. The van der Waals surface area contributed by atoms with Gasteiger partial charge >= 0.3 is 0 Å². The Morgan fingerprint density at radius 1 is 1.24 bits per heavy atom. The summed E-state index contributed by atoms with van der Waals surface area (Å²) in [7, 11) is 0. The quantitative estimate of drug-likeness (QED) is 0.868. The van der Waals surface area contributed by atoms with Gasteiger partial charge in [-0.1, -0.05) is 11.6 Å². The molecule has 0 bridgehead atoms. The van der Waals surface area contributed by atoms with E-state index >= 15 is 0 Å². The van der Waals surface area contributed by atoms with E-state index in [-0.39, 0.29) is 6.79 Å². The SMILES string of the molecule is N#Cc1ccc(OCc2cc(Cl)cc3c2OCOC3)cc1. The maximum atomic E-state index is 8.77. The maximum absolute atomic E-state index is 8.77. The number of nitriles is 1. The lowest BCUT2D eigenvalue weighted by Gasteiger charge is -2.21. The first-order valence-electron chi connectivity index (χ1n) is 6.41. The van der Waals surface area contributed by atoms with E-state index < -0.39 is 0 Å². The molecule has 0 aliphatic carbocycles. The van der Waals surface area contributed by atoms with Crippen LogP contribution in [0.1, 0.15) is 16.7 Å². The summed E-state index contributed by atoms with van der Waals surface area (Å²) in [6.45, 7) is 1.06. The molecule has 106 valence electrons. The van der Waals surface area contributed by atoms with Gasteiger partial charge in [-0.15, -0.1) is 0 Å². The average molecular weight is 302 g/mol. The summed E-state index contributed by atoms with van der Waals surface area (Å²) in [5.74, 6) is 1.47. The molecule has 0 aromatic heterocycles. The van der Waals surface area contributed by atoms with Crippen molar-refractivity contribution in [2.45, 2.75) is 13.2 Å². The van der Waals surface area contributed by atoms with Gasteiger partial charge in [0.15, 0.2) is 6.79 Å². The topological polar surface area (TPSA) is 51.5 Å². The molecule has 0 amide bonds. The molecule has 0 saturated carbocycles. The maximum Gasteiger partial charge on any atom is 0.189 e. The Morgan fingerprint density at radius 3 is 2.81 bits per heavy atom. The molecule has 0 fully saturated rings. The minimum Gasteiger partial charge on any atom is -0.489 e. The van der Waals surface area contributed by atoms with Crippen LogP contribution in [0.15, 0.2) is 36.4 Å². The van der Waals surface area contributed by atoms with Crippen molar-refractivity contribution in [3.05, 3.63) is 58.1 Å². The summed E-state index contributed by atoms with van der Waals surface area (Å²) >= 11 is 6.10. The second-order valence-electron chi connectivity index (χ2n) is 4.59. The fraction of sp³-hybridized carbons (Fsp3) is 0.188. The molecule has 0 N–H and O–H groups in total. The van der Waals surface area contributed by atoms with Crippen molar-refractivity contribution in [3.63, 3.8) is 0 Å². The van der Waals surface area contributed by atoms with Crippen LogP contribution in [0.2, 0.25) is 5.02 Å². The van der Waals surface area contributed by atoms with Gasteiger partial charge in [-0.3, -0.25) is 0 Å². The van der Waals surface area contributed by atoms with Gasteiger partial charge in [-0.25, -0.2) is 0 Å². The van der Waals surface area contributed by atoms with Crippen molar-refractivity contribution in [1.82, 2.24) is 0 Å². The van der Waals surface area contributed by atoms with Gasteiger partial charge in [0, 0.05) is 16.1 Å². The second kappa shape index (κ2) is 6.04. The fourth-order valence-electron chi connectivity index (χ4n) is 2.15. The standard InChI is InChI=1S/C16H12ClNO3/c17-14-5-12-8-19-10-21-16(12)13(6-14)9-20-15-3-1-11(7-18)2-4-15/h1-6H,8-10H2. The Morgan fingerprint density at radius 2 is 2.05 bits per heavy atom. The molecule has 0 radical (unpaired) electrons. The summed E-state index contributed by atoms with van der Waals surface area (Å²) in [5.41, 5.74) is 2.40. The molecule has 0 unspecified atom stereocenters. The molecule has 2 aromatic rings. The minimum absolute atomic E-state index is 0.235. The van der Waals surface area contributed by atoms with E-state index in [0.29, 0.717) is 29.5 Å². The van der Waals surface area contributed by atoms with Crippen molar-refractivity contribution >= 4 is 11.6 Å². The third-order valence-electron chi connectivity index (χ3n) is 3.13. The van der Waals surface area contributed by atoms with E-state index in [1.807, 2.05) is 12.1 Å². The van der Waals surface area contributed by atoms with E-state index in [4.69, 9.17) is 31.1 Å². The Labute approximate surface area is 127 Å². The van der Waals surface area contributed by atoms with Gasteiger partial charge < -0.3 is 14.2 Å². The molecule has 1 heterocycles. The number of benzene rings is 2. The molecule has 1 aliphatic rings. The van der Waals surface area contributed by atoms with Crippen molar-refractivity contribution < 1.29 is 14.2 Å². The second-order valence-corrected chi connectivity index (χ2v) is 5.03. The van der Waals surface area contributed by atoms with E-state index in [1.54, 1.807) is 24.3 Å². The van der Waals surface area contributed by atoms with Gasteiger partial charge in [0.2, 0.25) is 0 Å². The van der Waals surface area contributed by atoms with Gasteiger partial charge in [-0.2, -0.15) is 5.26 Å². The van der Waals surface area contributed by atoms with Crippen LogP contribution in [0.25, 0.3) is 0 Å². The first kappa shape index (κ1) is 13.7. The molecule has 0 atom stereocenters. The molecule has 5 heteroatoms. The Balaban J connectivity index is 1.78. The molecular weight excluding hydrogens is 290 g/mol. The van der Waals surface area contributed by atoms with Crippen molar-refractivity contribution in [2.24, 2.45) is 0 Å². The lowest BCUT2D eigenvalue weighted by molar-refractivity contribution is -0.0175. The van der Waals surface area contributed by atoms with Gasteiger partial charge in [-0.05, 0) is 36.4 Å². The van der Waals surface area contributed by atoms with E-state index in [2.05, 4.69) is 6.07 Å². The van der Waals surface area contributed by atoms with Crippen molar-refractivity contribution in [3.8, 4) is 17.6 Å². The molecule has 4 nitrogen and oxygen atoms in total. The molecular formula is C16H12ClNO3. The number of ether oxygens (including phenoxy) is 3. The van der Waals surface area contributed by atoms with Gasteiger partial charge in [0.25, 0.3) is 0 Å². The highest BCUT2D eigenvalue weighted by Gasteiger charge is 2.16. The lowest BCUT2D eigenvalue weighted by atomic mass is 10.1. The van der Waals surface area contributed by atoms with Gasteiger partial charge in [0.1, 0.15) is 18.1 Å². The largest absolute Gasteiger partial charge is 0.489 e. The summed E-state index contributed by atoms with van der Waals surface area (Å²) in [6.07, 6.45) is 0. The molecule has 1 aliphatic heterocycles. The van der Waals surface area contributed by atoms with E-state index in [9.17, 15) is 0 Å². The fourth-order valence-corrected chi connectivity index (χ4v) is 2.41. The van der Waals surface area contributed by atoms with Crippen LogP contribution in [0.3, 0.4) is 0 Å². The van der Waals surface area contributed by atoms with Crippen LogP contribution in [0.4, 0.5) is 0 Å². The predicted octanol–water partition coefficient (Wildman–Crippen LogP) is 3.66. The van der Waals surface area contributed by atoms with Crippen molar-refractivity contribution in [1.29, 1.82) is 5.26 Å². The van der Waals surface area contributed by atoms with Crippen LogP contribution >= 0.6 is 11.6 Å². The zero-order valence-electron chi connectivity index (χ0n) is 11.1. The summed E-state index contributed by atoms with van der Waals surface area (Å²) in [5, 5.41) is 9.39. The zero-order valence-corrected chi connectivity index (χ0v) is 11.9. The molecule has 0 spiro atoms. The Bertz CT molecular complexity index is 692. The van der Waals surface area contributed by atoms with Crippen LogP contribution in [0.5, 0.6) is 11.5 Å². The predicted molar refractivity (Wildman–Crippen MR) is 77.2 cm³/mol. The van der Waals surface area contributed by atoms with Crippen LogP contribution in [-0.2, 0) is 18.0 Å². The molecule has 3 rings (SSSR count). The smallest absolute Gasteiger partial charge is 0.189 e. The average Bonchev–Trinajstić information content (AvgIpc) is 2.53. The van der Waals surface area contributed by atoms with E-state index in [0.717, 1.165) is 16.9 Å². The minimum atomic E-state index is 0.235. The number of rotatable bonds is 3. The third-order valence-corrected chi connectivity index (χ3v) is 3.35. The molecule has 21 heavy (non-hydrogen) atoms. The van der Waals surface area contributed by atoms with E-state index in [1.165, 1.54) is 0 Å². The van der Waals surface area contributed by atoms with Crippen LogP contribution < -0.4 is 9.47 Å². The van der Waals surface area contributed by atoms with Crippen molar-refractivity contribution in [2.75, 3.05) is 6.79 Å². The van der Waals surface area contributed by atoms with Gasteiger partial charge in [0.05, 0.1) is 18.2 Å².